The molecular weight excluding hydrogens is 280 g/mol. The lowest BCUT2D eigenvalue weighted by molar-refractivity contribution is 0.0955. The third-order valence-corrected chi connectivity index (χ3v) is 3.53. The number of nitrogens with one attached hydrogen (secondary N) is 1. The minimum atomic E-state index is -0.862. The first-order valence-corrected chi connectivity index (χ1v) is 7.05. The number of rotatable bonds is 6. The number of nitrogens with two attached hydrogens (primary N) is 3. The summed E-state index contributed by atoms with van der Waals surface area (Å²) in [5.41, 5.74) is 22.0. The molecule has 2 aromatic rings. The fourth-order valence-corrected chi connectivity index (χ4v) is 2.27. The summed E-state index contributed by atoms with van der Waals surface area (Å²) in [4.78, 5) is 0. The van der Waals surface area contributed by atoms with E-state index in [1.54, 1.807) is 12.1 Å². The van der Waals surface area contributed by atoms with Gasteiger partial charge >= 0.3 is 0 Å². The van der Waals surface area contributed by atoms with Gasteiger partial charge in [0.15, 0.2) is 0 Å². The highest BCUT2D eigenvalue weighted by atomic mass is 16.3. The molecule has 6 nitrogen and oxygen atoms in total. The molecule has 0 fully saturated rings. The van der Waals surface area contributed by atoms with Crippen molar-refractivity contribution in [3.05, 3.63) is 47.5 Å². The van der Waals surface area contributed by atoms with Crippen molar-refractivity contribution in [2.24, 2.45) is 0 Å². The predicted octanol–water partition coefficient (Wildman–Crippen LogP) is 0.941. The lowest BCUT2D eigenvalue weighted by atomic mass is 9.98. The molecule has 2 rings (SSSR count). The monoisotopic (exact) mass is 302 g/mol. The van der Waals surface area contributed by atoms with E-state index in [9.17, 15) is 5.11 Å². The molecule has 0 aliphatic rings. The van der Waals surface area contributed by atoms with Gasteiger partial charge in [-0.2, -0.15) is 0 Å². The maximum atomic E-state index is 9.69. The molecule has 0 spiro atoms. The Kier molecular flexibility index (Phi) is 5.08. The molecule has 9 N–H and O–H groups in total. The van der Waals surface area contributed by atoms with Crippen molar-refractivity contribution in [1.82, 2.24) is 0 Å². The molecule has 0 aliphatic heterocycles. The molecule has 0 bridgehead atoms. The van der Waals surface area contributed by atoms with Gasteiger partial charge < -0.3 is 32.7 Å². The SMILES string of the molecule is Nc1ccc(NCc2c(N)ccc(N)c2CC(O)CO)cc1. The second-order valence-electron chi connectivity index (χ2n) is 5.22. The first kappa shape index (κ1) is 15.9. The minimum absolute atomic E-state index is 0.256. The van der Waals surface area contributed by atoms with Gasteiger partial charge in [0, 0.05) is 35.7 Å². The lowest BCUT2D eigenvalue weighted by Gasteiger charge is -2.18. The van der Waals surface area contributed by atoms with Crippen LogP contribution in [0.3, 0.4) is 0 Å². The highest BCUT2D eigenvalue weighted by molar-refractivity contribution is 5.63. The van der Waals surface area contributed by atoms with Crippen molar-refractivity contribution in [1.29, 1.82) is 0 Å². The van der Waals surface area contributed by atoms with Crippen molar-refractivity contribution >= 4 is 22.7 Å². The first-order chi connectivity index (χ1) is 10.5. The third kappa shape index (κ3) is 3.81. The van der Waals surface area contributed by atoms with E-state index in [1.165, 1.54) is 0 Å². The van der Waals surface area contributed by atoms with Crippen LogP contribution in [0.4, 0.5) is 22.7 Å². The van der Waals surface area contributed by atoms with E-state index in [1.807, 2.05) is 24.3 Å². The lowest BCUT2D eigenvalue weighted by Crippen LogP contribution is -2.19. The van der Waals surface area contributed by atoms with Gasteiger partial charge in [-0.05, 0) is 47.5 Å². The summed E-state index contributed by atoms with van der Waals surface area (Å²) in [5.74, 6) is 0. The topological polar surface area (TPSA) is 131 Å². The second-order valence-corrected chi connectivity index (χ2v) is 5.22. The summed E-state index contributed by atoms with van der Waals surface area (Å²) in [6.07, 6.45) is -0.606. The molecule has 0 heterocycles. The van der Waals surface area contributed by atoms with E-state index >= 15 is 0 Å². The Morgan fingerprint density at radius 2 is 1.50 bits per heavy atom. The molecule has 0 amide bonds. The van der Waals surface area contributed by atoms with Crippen LogP contribution in [0.15, 0.2) is 36.4 Å². The van der Waals surface area contributed by atoms with Gasteiger partial charge in [-0.3, -0.25) is 0 Å². The normalized spacial score (nSPS) is 12.1. The smallest absolute Gasteiger partial charge is 0.0812 e. The molecule has 118 valence electrons. The number of aliphatic hydroxyl groups is 2. The van der Waals surface area contributed by atoms with Crippen molar-refractivity contribution in [2.75, 3.05) is 29.1 Å². The van der Waals surface area contributed by atoms with Crippen LogP contribution in [0.25, 0.3) is 0 Å². The van der Waals surface area contributed by atoms with Crippen LogP contribution in [-0.4, -0.2) is 22.9 Å². The summed E-state index contributed by atoms with van der Waals surface area (Å²) >= 11 is 0. The van der Waals surface area contributed by atoms with Crippen molar-refractivity contribution in [3.8, 4) is 0 Å². The van der Waals surface area contributed by atoms with Gasteiger partial charge in [0.2, 0.25) is 0 Å². The summed E-state index contributed by atoms with van der Waals surface area (Å²) < 4.78 is 0. The minimum Gasteiger partial charge on any atom is -0.399 e. The Hall–Kier alpha value is -2.44. The van der Waals surface area contributed by atoms with Crippen LogP contribution < -0.4 is 22.5 Å². The molecular formula is C16H22N4O2. The molecule has 1 unspecified atom stereocenters. The highest BCUT2D eigenvalue weighted by Gasteiger charge is 2.14. The number of anilines is 4. The molecule has 0 aliphatic carbocycles. The van der Waals surface area contributed by atoms with Crippen molar-refractivity contribution < 1.29 is 10.2 Å². The molecule has 22 heavy (non-hydrogen) atoms. The Morgan fingerprint density at radius 3 is 2.09 bits per heavy atom. The predicted molar refractivity (Wildman–Crippen MR) is 90.2 cm³/mol. The number of hydrogen-bond donors (Lipinski definition) is 6. The van der Waals surface area contributed by atoms with E-state index in [-0.39, 0.29) is 13.0 Å². The van der Waals surface area contributed by atoms with Crippen molar-refractivity contribution in [2.45, 2.75) is 19.1 Å². The Labute approximate surface area is 129 Å². The zero-order chi connectivity index (χ0) is 16.1. The zero-order valence-electron chi connectivity index (χ0n) is 12.3. The molecule has 0 aromatic heterocycles. The van der Waals surface area contributed by atoms with Crippen LogP contribution >= 0.6 is 0 Å². The molecule has 0 saturated carbocycles. The largest absolute Gasteiger partial charge is 0.399 e. The van der Waals surface area contributed by atoms with Gasteiger partial charge in [-0.1, -0.05) is 0 Å². The van der Waals surface area contributed by atoms with Crippen LogP contribution in [0, 0.1) is 0 Å². The molecule has 2 aromatic carbocycles. The number of nitrogen functional groups attached to an aromatic ring is 3. The summed E-state index contributed by atoms with van der Waals surface area (Å²) in [6.45, 7) is 0.146. The Bertz CT molecular complexity index is 629. The highest BCUT2D eigenvalue weighted by Crippen LogP contribution is 2.26. The molecule has 1 atom stereocenters. The number of benzene rings is 2. The average molecular weight is 302 g/mol. The van der Waals surface area contributed by atoms with E-state index in [2.05, 4.69) is 5.32 Å². The van der Waals surface area contributed by atoms with Gasteiger partial charge in [-0.15, -0.1) is 0 Å². The van der Waals surface area contributed by atoms with E-state index < -0.39 is 6.10 Å². The molecule has 0 radical (unpaired) electrons. The van der Waals surface area contributed by atoms with Gasteiger partial charge in [0.25, 0.3) is 0 Å². The molecule has 0 saturated heterocycles. The Morgan fingerprint density at radius 1 is 0.909 bits per heavy atom. The number of hydrogen-bond acceptors (Lipinski definition) is 6. The summed E-state index contributed by atoms with van der Waals surface area (Å²) in [6, 6.07) is 10.8. The Balaban J connectivity index is 2.21. The van der Waals surface area contributed by atoms with E-state index in [0.717, 1.165) is 16.8 Å². The average Bonchev–Trinajstić information content (AvgIpc) is 2.52. The maximum Gasteiger partial charge on any atom is 0.0812 e. The van der Waals surface area contributed by atoms with Gasteiger partial charge in [0.05, 0.1) is 12.7 Å². The van der Waals surface area contributed by atoms with Crippen LogP contribution in [0.2, 0.25) is 0 Å². The van der Waals surface area contributed by atoms with Gasteiger partial charge in [0.1, 0.15) is 0 Å². The van der Waals surface area contributed by atoms with Crippen LogP contribution in [0.1, 0.15) is 11.1 Å². The summed E-state index contributed by atoms with van der Waals surface area (Å²) in [7, 11) is 0. The van der Waals surface area contributed by atoms with E-state index in [4.69, 9.17) is 22.3 Å². The fraction of sp³-hybridized carbons (Fsp3) is 0.250. The standard InChI is InChI=1S/C16H22N4O2/c17-10-1-3-11(4-2-10)20-8-14-13(7-12(22)9-21)15(18)5-6-16(14)19/h1-6,12,20-22H,7-9,17-19H2. The quantitative estimate of drug-likeness (QED) is 0.440. The maximum absolute atomic E-state index is 9.69. The fourth-order valence-electron chi connectivity index (χ4n) is 2.27. The van der Waals surface area contributed by atoms with Crippen LogP contribution in [-0.2, 0) is 13.0 Å². The van der Waals surface area contributed by atoms with Gasteiger partial charge in [-0.25, -0.2) is 0 Å². The third-order valence-electron chi connectivity index (χ3n) is 3.53. The zero-order valence-corrected chi connectivity index (χ0v) is 12.3. The van der Waals surface area contributed by atoms with Crippen molar-refractivity contribution in [3.63, 3.8) is 0 Å². The summed E-state index contributed by atoms with van der Waals surface area (Å²) in [5, 5.41) is 22.0. The van der Waals surface area contributed by atoms with E-state index in [0.29, 0.717) is 23.6 Å². The first-order valence-electron chi connectivity index (χ1n) is 7.05. The number of aliphatic hydroxyl groups excluding tert-OH is 2. The second kappa shape index (κ2) is 7.02. The molecule has 6 heteroatoms. The van der Waals surface area contributed by atoms with Crippen LogP contribution in [0.5, 0.6) is 0 Å².